The Balaban J connectivity index is 0.855. The van der Waals surface area contributed by atoms with Crippen LogP contribution in [0.15, 0.2) is 266 Å². The Bertz CT molecular complexity index is 4420. The quantitative estimate of drug-likeness (QED) is 0.0432. The maximum absolute atomic E-state index is 6.14. The van der Waals surface area contributed by atoms with Crippen molar-refractivity contribution in [3.8, 4) is 0 Å². The maximum atomic E-state index is 6.14. The molecule has 0 bridgehead atoms. The Morgan fingerprint density at radius 1 is 0.380 bits per heavy atom. The van der Waals surface area contributed by atoms with Crippen LogP contribution in [0.5, 0.6) is 0 Å². The monoisotopic (exact) mass is 1210 g/mol. The molecule has 0 fully saturated rings. The first kappa shape index (κ1) is 60.4. The van der Waals surface area contributed by atoms with Gasteiger partial charge in [0.25, 0.3) is 0 Å². The van der Waals surface area contributed by atoms with Gasteiger partial charge in [-0.05, 0) is 169 Å². The summed E-state index contributed by atoms with van der Waals surface area (Å²) in [4.78, 5) is 4.93. The Kier molecular flexibility index (Phi) is 16.3. The van der Waals surface area contributed by atoms with E-state index in [0.29, 0.717) is 26.4 Å². The largest absolute Gasteiger partial charge is 0.375 e. The van der Waals surface area contributed by atoms with E-state index in [9.17, 15) is 0 Å². The van der Waals surface area contributed by atoms with Gasteiger partial charge in [-0.15, -0.1) is 0 Å². The van der Waals surface area contributed by atoms with Crippen LogP contribution in [0.25, 0.3) is 43.1 Å². The fraction of sp³-hybridized carbons (Fsp3) is 0.256. The zero-order valence-electron chi connectivity index (χ0n) is 54.9. The standard InChI is InChI=1S/C86H86N4O2/c1-9-91-57-55-89-73-51-47-65-35-19-23-39-69(65)81(73)85(5,59-61-29-13-11-14-30-61)77(89)43-27-41-75-83(3,79-67-37-21-17-33-63(67)45-49-71(79)87(75)7)53-25-26-54-84(4)76(88(8)72-50-46-64-34-18-22-38-68(64)80(72)84)42-28-44-78-86(6,60-62-31-15-12-16-32-62)82-70-40-24-20-36-66(70)48-52-74(82)90(78)56-58-92-10-2/h11-52H,9-10,53-60H2,1-8H3/q+2/b26-25-. The van der Waals surface area contributed by atoms with Crippen molar-refractivity contribution >= 4 is 77.3 Å². The van der Waals surface area contributed by atoms with Crippen LogP contribution in [-0.4, -0.2) is 74.2 Å². The molecule has 4 aliphatic rings. The van der Waals surface area contributed by atoms with E-state index in [4.69, 9.17) is 9.47 Å². The molecule has 0 aliphatic carbocycles. The zero-order chi connectivity index (χ0) is 63.2. The van der Waals surface area contributed by atoms with Crippen molar-refractivity contribution in [1.29, 1.82) is 0 Å². The van der Waals surface area contributed by atoms with E-state index < -0.39 is 0 Å². The van der Waals surface area contributed by atoms with E-state index in [-0.39, 0.29) is 21.7 Å². The molecule has 0 saturated carbocycles. The zero-order valence-corrected chi connectivity index (χ0v) is 54.9. The van der Waals surface area contributed by atoms with Crippen molar-refractivity contribution in [2.45, 2.75) is 88.9 Å². The van der Waals surface area contributed by atoms with Gasteiger partial charge in [0.1, 0.15) is 13.2 Å². The molecule has 92 heavy (non-hydrogen) atoms. The van der Waals surface area contributed by atoms with Crippen LogP contribution < -0.4 is 9.80 Å². The second kappa shape index (κ2) is 24.8. The van der Waals surface area contributed by atoms with Crippen molar-refractivity contribution in [3.63, 3.8) is 0 Å². The lowest BCUT2D eigenvalue weighted by Gasteiger charge is -2.30. The molecule has 460 valence electrons. The lowest BCUT2D eigenvalue weighted by Crippen LogP contribution is -2.34. The predicted octanol–water partition coefficient (Wildman–Crippen LogP) is 19.3. The van der Waals surface area contributed by atoms with Gasteiger partial charge in [0.2, 0.25) is 11.4 Å². The summed E-state index contributed by atoms with van der Waals surface area (Å²) in [7, 11) is 4.55. The van der Waals surface area contributed by atoms with Gasteiger partial charge in [0, 0.05) is 96.3 Å². The molecule has 10 aromatic rings. The van der Waals surface area contributed by atoms with E-state index in [2.05, 4.69) is 329 Å². The van der Waals surface area contributed by atoms with Gasteiger partial charge in [-0.2, -0.15) is 9.15 Å². The van der Waals surface area contributed by atoms with Crippen LogP contribution >= 0.6 is 0 Å². The fourth-order valence-electron chi connectivity index (χ4n) is 16.8. The van der Waals surface area contributed by atoms with Crippen molar-refractivity contribution in [3.05, 3.63) is 300 Å². The van der Waals surface area contributed by atoms with Crippen LogP contribution in [0.2, 0.25) is 0 Å². The molecule has 4 atom stereocenters. The topological polar surface area (TPSA) is 31.0 Å². The summed E-state index contributed by atoms with van der Waals surface area (Å²) in [5, 5.41) is 10.3. The Hall–Kier alpha value is -9.20. The van der Waals surface area contributed by atoms with Crippen molar-refractivity contribution in [2.24, 2.45) is 0 Å². The van der Waals surface area contributed by atoms with Gasteiger partial charge in [-0.25, -0.2) is 0 Å². The summed E-state index contributed by atoms with van der Waals surface area (Å²) in [6.45, 7) is 18.2. The number of hydrogen-bond acceptors (Lipinski definition) is 4. The molecule has 4 heterocycles. The number of likely N-dealkylation sites (N-methyl/N-ethyl adjacent to an activating group) is 2. The third-order valence-corrected chi connectivity index (χ3v) is 21.1. The number of rotatable bonds is 20. The van der Waals surface area contributed by atoms with Crippen LogP contribution in [0.1, 0.15) is 87.8 Å². The van der Waals surface area contributed by atoms with Gasteiger partial charge < -0.3 is 19.3 Å². The molecule has 14 rings (SSSR count). The highest BCUT2D eigenvalue weighted by molar-refractivity contribution is 6.10. The molecule has 10 aromatic carbocycles. The summed E-state index contributed by atoms with van der Waals surface area (Å²) in [6.07, 6.45) is 22.8. The third kappa shape index (κ3) is 10.3. The Labute approximate surface area is 544 Å². The number of anilines is 2. The summed E-state index contributed by atoms with van der Waals surface area (Å²) < 4.78 is 17.4. The van der Waals surface area contributed by atoms with Gasteiger partial charge in [0.05, 0.1) is 10.8 Å². The first-order chi connectivity index (χ1) is 44.9. The average Bonchev–Trinajstić information content (AvgIpc) is 1.59. The van der Waals surface area contributed by atoms with Crippen molar-refractivity contribution in [1.82, 2.24) is 0 Å². The number of hydrogen-bond donors (Lipinski definition) is 0. The highest BCUT2D eigenvalue weighted by atomic mass is 16.5. The van der Waals surface area contributed by atoms with E-state index in [1.807, 2.05) is 0 Å². The molecule has 0 N–H and O–H groups in total. The molecule has 0 aromatic heterocycles. The molecular formula is C86H86N4O2+2. The Morgan fingerprint density at radius 3 is 1.09 bits per heavy atom. The van der Waals surface area contributed by atoms with Crippen LogP contribution in [0.4, 0.5) is 22.7 Å². The highest BCUT2D eigenvalue weighted by Crippen LogP contribution is 2.55. The third-order valence-electron chi connectivity index (χ3n) is 21.1. The molecule has 0 saturated heterocycles. The van der Waals surface area contributed by atoms with Crippen molar-refractivity contribution < 1.29 is 18.6 Å². The van der Waals surface area contributed by atoms with Crippen LogP contribution in [-0.2, 0) is 44.0 Å². The molecule has 4 aliphatic heterocycles. The van der Waals surface area contributed by atoms with Crippen LogP contribution in [0, 0.1) is 0 Å². The van der Waals surface area contributed by atoms with Gasteiger partial charge >= 0.3 is 0 Å². The van der Waals surface area contributed by atoms with Crippen molar-refractivity contribution in [2.75, 3.05) is 63.4 Å². The number of fused-ring (bicyclic) bond motifs is 12. The number of benzene rings is 10. The molecule has 0 radical (unpaired) electrons. The molecular weight excluding hydrogens is 1120 g/mol. The average molecular weight is 1210 g/mol. The minimum Gasteiger partial charge on any atom is -0.375 e. The summed E-state index contributed by atoms with van der Waals surface area (Å²) in [5.74, 6) is 0. The minimum absolute atomic E-state index is 0.327. The van der Waals surface area contributed by atoms with Gasteiger partial charge in [-0.1, -0.05) is 194 Å². The summed E-state index contributed by atoms with van der Waals surface area (Å²) in [6, 6.07) is 76.5. The first-order valence-electron chi connectivity index (χ1n) is 33.4. The van der Waals surface area contributed by atoms with E-state index in [1.165, 1.54) is 122 Å². The lowest BCUT2D eigenvalue weighted by molar-refractivity contribution is -0.442. The molecule has 0 amide bonds. The highest BCUT2D eigenvalue weighted by Gasteiger charge is 2.51. The lowest BCUT2D eigenvalue weighted by atomic mass is 9.72. The van der Waals surface area contributed by atoms with E-state index in [1.54, 1.807) is 0 Å². The predicted molar refractivity (Wildman–Crippen MR) is 388 cm³/mol. The number of allylic oxidation sites excluding steroid dienone is 10. The maximum Gasteiger partial charge on any atom is 0.210 e. The second-order valence-corrected chi connectivity index (χ2v) is 26.7. The number of nitrogens with zero attached hydrogens (tertiary/aromatic N) is 4. The Morgan fingerprint density at radius 2 is 0.717 bits per heavy atom. The molecule has 0 spiro atoms. The number of ether oxygens (including phenoxy) is 2. The van der Waals surface area contributed by atoms with Gasteiger partial charge in [-0.3, -0.25) is 0 Å². The summed E-state index contributed by atoms with van der Waals surface area (Å²) in [5.41, 5.74) is 17.0. The normalized spacial score (nSPS) is 22.0. The first-order valence-corrected chi connectivity index (χ1v) is 33.4. The second-order valence-electron chi connectivity index (χ2n) is 26.7. The van der Waals surface area contributed by atoms with Crippen LogP contribution in [0.3, 0.4) is 0 Å². The molecule has 6 heteroatoms. The SMILES string of the molecule is CCOCC[N+]1=C(/C=C/C=C2/N(C)c3ccc4ccccc4c3C2(C)C/C=C\CC2(C)/C(=C\C=C\C3=[N+](CCOCC)c4ccc5ccccc5c4C3(C)Cc3ccccc3)N(C)c3ccc4ccccc4c32)C(C)(Cc2ccccc2)c2c1ccc1ccccc21. The van der Waals surface area contributed by atoms with E-state index in [0.717, 1.165) is 38.8 Å². The summed E-state index contributed by atoms with van der Waals surface area (Å²) >= 11 is 0. The molecule has 4 unspecified atom stereocenters. The van der Waals surface area contributed by atoms with Gasteiger partial charge in [0.15, 0.2) is 24.5 Å². The molecule has 6 nitrogen and oxygen atoms in total. The fourth-order valence-corrected chi connectivity index (χ4v) is 16.8. The smallest absolute Gasteiger partial charge is 0.210 e. The van der Waals surface area contributed by atoms with E-state index >= 15 is 0 Å². The minimum atomic E-state index is -0.367.